The molecule has 1 saturated heterocycles. The molecule has 0 radical (unpaired) electrons. The van der Waals surface area contributed by atoms with Crippen molar-refractivity contribution >= 4 is 17.3 Å². The second-order valence-electron chi connectivity index (χ2n) is 8.65. The summed E-state index contributed by atoms with van der Waals surface area (Å²) in [4.78, 5) is 13.7. The molecule has 0 unspecified atom stereocenters. The lowest BCUT2D eigenvalue weighted by Gasteiger charge is -2.47. The van der Waals surface area contributed by atoms with Gasteiger partial charge in [0.2, 0.25) is 5.91 Å². The lowest BCUT2D eigenvalue weighted by Crippen LogP contribution is -2.49. The van der Waals surface area contributed by atoms with Crippen LogP contribution in [0.4, 0.5) is 8.78 Å². The lowest BCUT2D eigenvalue weighted by molar-refractivity contribution is -0.131. The van der Waals surface area contributed by atoms with E-state index in [2.05, 4.69) is 6.92 Å². The first-order valence-electron chi connectivity index (χ1n) is 10.2. The van der Waals surface area contributed by atoms with Crippen molar-refractivity contribution in [3.63, 3.8) is 0 Å². The topological polar surface area (TPSA) is 68.0 Å². The third-order valence-corrected chi connectivity index (χ3v) is 6.79. The molecule has 1 heterocycles. The van der Waals surface area contributed by atoms with Gasteiger partial charge in [0.25, 0.3) is 0 Å². The molecule has 2 aliphatic rings. The average Bonchev–Trinajstić information content (AvgIpc) is 2.68. The quantitative estimate of drug-likeness (QED) is 0.690. The minimum Gasteiger partial charge on any atom is -0.343 e. The molecule has 1 amide bonds. The van der Waals surface area contributed by atoms with Crippen molar-refractivity contribution in [1.29, 1.82) is 10.8 Å². The van der Waals surface area contributed by atoms with Crippen LogP contribution >= 0.6 is 0 Å². The van der Waals surface area contributed by atoms with Crippen LogP contribution in [-0.4, -0.2) is 35.3 Å². The van der Waals surface area contributed by atoms with Gasteiger partial charge in [-0.2, -0.15) is 0 Å². The number of amides is 1. The zero-order valence-corrected chi connectivity index (χ0v) is 17.3. The first kappa shape index (κ1) is 21.3. The molecule has 0 spiro atoms. The largest absolute Gasteiger partial charge is 0.343 e. The second kappa shape index (κ2) is 8.17. The van der Waals surface area contributed by atoms with E-state index in [0.29, 0.717) is 17.8 Å². The van der Waals surface area contributed by atoms with Crippen molar-refractivity contribution < 1.29 is 13.6 Å². The Labute approximate surface area is 171 Å². The van der Waals surface area contributed by atoms with Crippen LogP contribution in [0, 0.1) is 39.7 Å². The van der Waals surface area contributed by atoms with E-state index in [1.165, 1.54) is 12.1 Å². The fourth-order valence-electron chi connectivity index (χ4n) is 4.76. The van der Waals surface area contributed by atoms with E-state index >= 15 is 0 Å². The van der Waals surface area contributed by atoms with Crippen LogP contribution in [0.1, 0.15) is 52.0 Å². The Hall–Kier alpha value is -2.37. The van der Waals surface area contributed by atoms with Gasteiger partial charge in [-0.05, 0) is 61.3 Å². The third-order valence-electron chi connectivity index (χ3n) is 6.79. The first-order valence-corrected chi connectivity index (χ1v) is 10.2. The molecule has 3 atom stereocenters. The summed E-state index contributed by atoms with van der Waals surface area (Å²) >= 11 is 0. The smallest absolute Gasteiger partial charge is 0.219 e. The van der Waals surface area contributed by atoms with E-state index in [9.17, 15) is 13.6 Å². The molecule has 1 aromatic rings. The van der Waals surface area contributed by atoms with Crippen LogP contribution < -0.4 is 0 Å². The Morgan fingerprint density at radius 1 is 1.28 bits per heavy atom. The maximum Gasteiger partial charge on any atom is 0.219 e. The molecule has 6 heteroatoms. The molecule has 29 heavy (non-hydrogen) atoms. The van der Waals surface area contributed by atoms with E-state index in [4.69, 9.17) is 10.8 Å². The van der Waals surface area contributed by atoms with E-state index in [1.807, 2.05) is 11.8 Å². The van der Waals surface area contributed by atoms with Crippen LogP contribution in [-0.2, 0) is 4.79 Å². The molecule has 4 nitrogen and oxygen atoms in total. The summed E-state index contributed by atoms with van der Waals surface area (Å²) in [6.45, 7) is 7.03. The fourth-order valence-corrected chi connectivity index (χ4v) is 4.76. The molecule has 156 valence electrons. The predicted octanol–water partition coefficient (Wildman–Crippen LogP) is 4.97. The number of hydrogen-bond donors (Lipinski definition) is 2. The van der Waals surface area contributed by atoms with E-state index in [1.54, 1.807) is 6.92 Å². The van der Waals surface area contributed by atoms with Gasteiger partial charge in [-0.15, -0.1) is 0 Å². The van der Waals surface area contributed by atoms with E-state index in [0.717, 1.165) is 44.4 Å². The minimum absolute atomic E-state index is 0.0401. The SMILES string of the molecule is CC(=O)N1CCC[C@H]([C@@]2(C)CC[C@H](C)/C(=C/C(=N)c3c(F)cccc3F)C2=N)C1. The standard InChI is InChI=1S/C23H29F2N3O/c1-14-9-10-23(3,16-6-5-11-28(13-16)15(2)29)22(27)17(14)12-20(26)21-18(24)7-4-8-19(21)25/h4,7-8,12,14,16,26-27H,5-6,9-11,13H2,1-3H3/b17-12-,26-20?,27-22?/t14-,16-,23+/m0/s1. The van der Waals surface area contributed by atoms with Gasteiger partial charge in [-0.1, -0.05) is 19.9 Å². The lowest BCUT2D eigenvalue weighted by atomic mass is 9.60. The van der Waals surface area contributed by atoms with Gasteiger partial charge in [-0.25, -0.2) is 8.78 Å². The Morgan fingerprint density at radius 3 is 2.55 bits per heavy atom. The van der Waals surface area contributed by atoms with Crippen molar-refractivity contribution in [3.05, 3.63) is 47.0 Å². The number of carbonyl (C=O) groups is 1. The molecular weight excluding hydrogens is 372 g/mol. The minimum atomic E-state index is -0.769. The number of nitrogens with zero attached hydrogens (tertiary/aromatic N) is 1. The van der Waals surface area contributed by atoms with Gasteiger partial charge >= 0.3 is 0 Å². The van der Waals surface area contributed by atoms with Crippen molar-refractivity contribution in [1.82, 2.24) is 4.90 Å². The number of nitrogens with one attached hydrogen (secondary N) is 2. The van der Waals surface area contributed by atoms with Crippen LogP contribution in [0.2, 0.25) is 0 Å². The summed E-state index contributed by atoms with van der Waals surface area (Å²) in [6, 6.07) is 3.56. The average molecular weight is 402 g/mol. The van der Waals surface area contributed by atoms with E-state index in [-0.39, 0.29) is 29.0 Å². The maximum atomic E-state index is 14.1. The molecule has 1 aromatic carbocycles. The monoisotopic (exact) mass is 401 g/mol. The number of allylic oxidation sites excluding steroid dienone is 2. The third kappa shape index (κ3) is 4.02. The highest BCUT2D eigenvalue weighted by Gasteiger charge is 2.45. The summed E-state index contributed by atoms with van der Waals surface area (Å²) in [5.41, 5.74) is 0.0956. The van der Waals surface area contributed by atoms with Gasteiger partial charge in [0.1, 0.15) is 11.6 Å². The molecule has 1 saturated carbocycles. The summed E-state index contributed by atoms with van der Waals surface area (Å²) in [7, 11) is 0. The first-order chi connectivity index (χ1) is 13.6. The summed E-state index contributed by atoms with van der Waals surface area (Å²) < 4.78 is 28.2. The molecule has 2 fully saturated rings. The number of hydrogen-bond acceptors (Lipinski definition) is 3. The zero-order chi connectivity index (χ0) is 21.3. The summed E-state index contributed by atoms with van der Waals surface area (Å²) in [5, 5.41) is 17.2. The van der Waals surface area contributed by atoms with Gasteiger partial charge in [0.05, 0.1) is 11.3 Å². The number of carbonyl (C=O) groups excluding carboxylic acids is 1. The van der Waals surface area contributed by atoms with Crippen LogP contribution in [0.3, 0.4) is 0 Å². The zero-order valence-electron chi connectivity index (χ0n) is 17.3. The Morgan fingerprint density at radius 2 is 1.93 bits per heavy atom. The normalized spacial score (nSPS) is 29.2. The van der Waals surface area contributed by atoms with Crippen molar-refractivity contribution in [2.75, 3.05) is 13.1 Å². The van der Waals surface area contributed by atoms with E-state index < -0.39 is 17.0 Å². The van der Waals surface area contributed by atoms with Gasteiger partial charge in [-0.3, -0.25) is 4.79 Å². The Kier molecular flexibility index (Phi) is 6.01. The number of piperidine rings is 1. The number of halogens is 2. The second-order valence-corrected chi connectivity index (χ2v) is 8.65. The van der Waals surface area contributed by atoms with Crippen LogP contribution in [0.25, 0.3) is 0 Å². The molecule has 0 bridgehead atoms. The van der Waals surface area contributed by atoms with Crippen molar-refractivity contribution in [3.8, 4) is 0 Å². The molecule has 0 aromatic heterocycles. The number of rotatable bonds is 3. The molecular formula is C23H29F2N3O. The number of benzene rings is 1. The fraction of sp³-hybridized carbons (Fsp3) is 0.522. The Bertz CT molecular complexity index is 859. The predicted molar refractivity (Wildman–Crippen MR) is 110 cm³/mol. The molecule has 1 aliphatic heterocycles. The number of likely N-dealkylation sites (tertiary alicyclic amines) is 1. The summed E-state index contributed by atoms with van der Waals surface area (Å²) in [6.07, 6.45) is 5.01. The van der Waals surface area contributed by atoms with Crippen molar-refractivity contribution in [2.45, 2.75) is 46.5 Å². The molecule has 3 rings (SSSR count). The highest BCUT2D eigenvalue weighted by Crippen LogP contribution is 2.47. The summed E-state index contributed by atoms with van der Waals surface area (Å²) in [5.74, 6) is -1.27. The molecule has 2 N–H and O–H groups in total. The van der Waals surface area contributed by atoms with Crippen LogP contribution in [0.15, 0.2) is 29.8 Å². The van der Waals surface area contributed by atoms with Crippen LogP contribution in [0.5, 0.6) is 0 Å². The highest BCUT2D eigenvalue weighted by atomic mass is 19.1. The van der Waals surface area contributed by atoms with Gasteiger partial charge < -0.3 is 15.7 Å². The van der Waals surface area contributed by atoms with Crippen molar-refractivity contribution in [2.24, 2.45) is 17.3 Å². The molecule has 1 aliphatic carbocycles. The maximum absolute atomic E-state index is 14.1. The van der Waals surface area contributed by atoms with Gasteiger partial charge in [0, 0.05) is 31.1 Å². The Balaban J connectivity index is 1.92. The highest BCUT2D eigenvalue weighted by molar-refractivity contribution is 6.13. The van der Waals surface area contributed by atoms with Gasteiger partial charge in [0.15, 0.2) is 0 Å².